The molecule has 1 aromatic carbocycles. The molecule has 5 nitrogen and oxygen atoms in total. The summed E-state index contributed by atoms with van der Waals surface area (Å²) in [6.07, 6.45) is 3.08. The molecule has 0 aliphatic carbocycles. The summed E-state index contributed by atoms with van der Waals surface area (Å²) in [5.74, 6) is -0.589. The fourth-order valence-electron chi connectivity index (χ4n) is 1.73. The third-order valence-corrected chi connectivity index (χ3v) is 3.60. The second kappa shape index (κ2) is 10.2. The number of anilines is 1. The van der Waals surface area contributed by atoms with E-state index >= 15 is 0 Å². The van der Waals surface area contributed by atoms with E-state index in [1.54, 1.807) is 18.2 Å². The Morgan fingerprint density at radius 1 is 1.13 bits per heavy atom. The van der Waals surface area contributed by atoms with Crippen molar-refractivity contribution in [2.45, 2.75) is 46.0 Å². The Bertz CT molecular complexity index is 589. The van der Waals surface area contributed by atoms with Gasteiger partial charge in [-0.05, 0) is 38.0 Å². The number of halogens is 2. The highest BCUT2D eigenvalue weighted by molar-refractivity contribution is 6.36. The Kier molecular flexibility index (Phi) is 8.66. The Morgan fingerprint density at radius 3 is 2.48 bits per heavy atom. The molecule has 2 amide bonds. The van der Waals surface area contributed by atoms with Gasteiger partial charge in [-0.1, -0.05) is 36.5 Å². The molecule has 1 rings (SSSR count). The van der Waals surface area contributed by atoms with Crippen LogP contribution in [0.4, 0.5) is 5.69 Å². The molecule has 0 fully saturated rings. The summed E-state index contributed by atoms with van der Waals surface area (Å²) in [4.78, 5) is 23.5. The SMILES string of the molecule is CCCC/C(C)=N/NC(=O)CCC(=O)Nc1ccc(Cl)cc1Cl. The van der Waals surface area contributed by atoms with Gasteiger partial charge in [-0.2, -0.15) is 5.10 Å². The normalized spacial score (nSPS) is 11.2. The summed E-state index contributed by atoms with van der Waals surface area (Å²) in [6, 6.07) is 4.78. The van der Waals surface area contributed by atoms with Gasteiger partial charge in [0.25, 0.3) is 0 Å². The number of rotatable bonds is 8. The molecule has 1 aromatic rings. The van der Waals surface area contributed by atoms with Crippen molar-refractivity contribution in [1.29, 1.82) is 0 Å². The third kappa shape index (κ3) is 8.00. The van der Waals surface area contributed by atoms with Gasteiger partial charge < -0.3 is 5.32 Å². The lowest BCUT2D eigenvalue weighted by atomic mass is 10.2. The van der Waals surface area contributed by atoms with Crippen molar-refractivity contribution in [2.75, 3.05) is 5.32 Å². The Morgan fingerprint density at radius 2 is 1.83 bits per heavy atom. The summed E-state index contributed by atoms with van der Waals surface area (Å²) in [6.45, 7) is 3.96. The molecule has 0 radical (unpaired) electrons. The topological polar surface area (TPSA) is 70.6 Å². The number of carbonyl (C=O) groups is 2. The highest BCUT2D eigenvalue weighted by atomic mass is 35.5. The lowest BCUT2D eigenvalue weighted by molar-refractivity contribution is -0.124. The number of nitrogens with one attached hydrogen (secondary N) is 2. The third-order valence-electron chi connectivity index (χ3n) is 3.05. The molecule has 0 bridgehead atoms. The van der Waals surface area contributed by atoms with Gasteiger partial charge in [0.2, 0.25) is 11.8 Å². The van der Waals surface area contributed by atoms with E-state index in [1.165, 1.54) is 0 Å². The van der Waals surface area contributed by atoms with E-state index in [0.717, 1.165) is 25.0 Å². The van der Waals surface area contributed by atoms with Gasteiger partial charge in [0.15, 0.2) is 0 Å². The number of unbranched alkanes of at least 4 members (excludes halogenated alkanes) is 1. The van der Waals surface area contributed by atoms with Gasteiger partial charge >= 0.3 is 0 Å². The molecule has 0 aromatic heterocycles. The highest BCUT2D eigenvalue weighted by Crippen LogP contribution is 2.25. The summed E-state index contributed by atoms with van der Waals surface area (Å²) in [5.41, 5.74) is 3.80. The standard InChI is InChI=1S/C16H21Cl2N3O2/c1-3-4-5-11(2)20-21-16(23)9-8-15(22)19-14-7-6-12(17)10-13(14)18/h6-7,10H,3-5,8-9H2,1-2H3,(H,19,22)(H,21,23)/b20-11+. The summed E-state index contributed by atoms with van der Waals surface area (Å²) in [7, 11) is 0. The van der Waals surface area contributed by atoms with E-state index in [0.29, 0.717) is 15.7 Å². The molecule has 0 aliphatic heterocycles. The number of benzene rings is 1. The first-order valence-corrected chi connectivity index (χ1v) is 8.25. The van der Waals surface area contributed by atoms with Crippen LogP contribution in [0.25, 0.3) is 0 Å². The molecule has 0 atom stereocenters. The van der Waals surface area contributed by atoms with Crippen LogP contribution < -0.4 is 10.7 Å². The molecule has 0 saturated carbocycles. The Balaban J connectivity index is 2.36. The van der Waals surface area contributed by atoms with Gasteiger partial charge in [0.05, 0.1) is 10.7 Å². The number of nitrogens with zero attached hydrogens (tertiary/aromatic N) is 1. The quantitative estimate of drug-likeness (QED) is 0.534. The predicted molar refractivity (Wildman–Crippen MR) is 95.1 cm³/mol. The van der Waals surface area contributed by atoms with Crippen molar-refractivity contribution in [3.05, 3.63) is 28.2 Å². The first-order chi connectivity index (χ1) is 10.9. The predicted octanol–water partition coefficient (Wildman–Crippen LogP) is 4.39. The van der Waals surface area contributed by atoms with Crippen molar-refractivity contribution in [3.8, 4) is 0 Å². The van der Waals surface area contributed by atoms with Crippen LogP contribution in [0, 0.1) is 0 Å². The maximum atomic E-state index is 11.8. The molecule has 0 aliphatic rings. The van der Waals surface area contributed by atoms with Crippen molar-refractivity contribution in [1.82, 2.24) is 5.43 Å². The molecule has 7 heteroatoms. The van der Waals surface area contributed by atoms with E-state index in [1.807, 2.05) is 6.92 Å². The molecule has 0 saturated heterocycles. The maximum absolute atomic E-state index is 11.8. The molecule has 0 heterocycles. The van der Waals surface area contributed by atoms with Crippen LogP contribution in [0.3, 0.4) is 0 Å². The zero-order valence-electron chi connectivity index (χ0n) is 13.3. The smallest absolute Gasteiger partial charge is 0.240 e. The van der Waals surface area contributed by atoms with Crippen molar-refractivity contribution in [2.24, 2.45) is 5.10 Å². The minimum Gasteiger partial charge on any atom is -0.325 e. The van der Waals surface area contributed by atoms with Gasteiger partial charge in [-0.3, -0.25) is 9.59 Å². The van der Waals surface area contributed by atoms with Crippen LogP contribution >= 0.6 is 23.2 Å². The van der Waals surface area contributed by atoms with E-state index in [9.17, 15) is 9.59 Å². The highest BCUT2D eigenvalue weighted by Gasteiger charge is 2.09. The van der Waals surface area contributed by atoms with Gasteiger partial charge in [-0.25, -0.2) is 5.43 Å². The zero-order valence-corrected chi connectivity index (χ0v) is 14.8. The average molecular weight is 358 g/mol. The van der Waals surface area contributed by atoms with Crippen molar-refractivity contribution in [3.63, 3.8) is 0 Å². The maximum Gasteiger partial charge on any atom is 0.240 e. The number of hydrazone groups is 1. The van der Waals surface area contributed by atoms with Crippen LogP contribution in [-0.4, -0.2) is 17.5 Å². The molecule has 23 heavy (non-hydrogen) atoms. The summed E-state index contributed by atoms with van der Waals surface area (Å²) < 4.78 is 0. The van der Waals surface area contributed by atoms with Gasteiger partial charge in [0, 0.05) is 23.6 Å². The van der Waals surface area contributed by atoms with Crippen LogP contribution in [0.1, 0.15) is 46.0 Å². The van der Waals surface area contributed by atoms with Crippen molar-refractivity contribution < 1.29 is 9.59 Å². The molecule has 0 unspecified atom stereocenters. The minimum absolute atomic E-state index is 0.0499. The number of amides is 2. The first kappa shape index (κ1) is 19.5. The van der Waals surface area contributed by atoms with Gasteiger partial charge in [-0.15, -0.1) is 0 Å². The lowest BCUT2D eigenvalue weighted by Gasteiger charge is -2.07. The van der Waals surface area contributed by atoms with Crippen LogP contribution in [-0.2, 0) is 9.59 Å². The Labute approximate surface area is 146 Å². The summed E-state index contributed by atoms with van der Waals surface area (Å²) in [5, 5.41) is 7.48. The average Bonchev–Trinajstić information content (AvgIpc) is 2.51. The Hall–Kier alpha value is -1.59. The number of hydrogen-bond acceptors (Lipinski definition) is 3. The van der Waals surface area contributed by atoms with E-state index in [-0.39, 0.29) is 24.7 Å². The van der Waals surface area contributed by atoms with Crippen LogP contribution in [0.2, 0.25) is 10.0 Å². The first-order valence-electron chi connectivity index (χ1n) is 7.49. The summed E-state index contributed by atoms with van der Waals surface area (Å²) >= 11 is 11.8. The lowest BCUT2D eigenvalue weighted by Crippen LogP contribution is -2.21. The largest absolute Gasteiger partial charge is 0.325 e. The monoisotopic (exact) mass is 357 g/mol. The molecule has 126 valence electrons. The zero-order chi connectivity index (χ0) is 17.2. The van der Waals surface area contributed by atoms with Crippen LogP contribution in [0.5, 0.6) is 0 Å². The second-order valence-electron chi connectivity index (χ2n) is 5.16. The van der Waals surface area contributed by atoms with Crippen molar-refractivity contribution >= 4 is 46.4 Å². The van der Waals surface area contributed by atoms with Gasteiger partial charge in [0.1, 0.15) is 0 Å². The fourth-order valence-corrected chi connectivity index (χ4v) is 2.19. The fraction of sp³-hybridized carbons (Fsp3) is 0.438. The second-order valence-corrected chi connectivity index (χ2v) is 6.00. The number of carbonyl (C=O) groups excluding carboxylic acids is 2. The molecular formula is C16H21Cl2N3O2. The number of hydrogen-bond donors (Lipinski definition) is 2. The van der Waals surface area contributed by atoms with E-state index in [2.05, 4.69) is 22.8 Å². The molecule has 2 N–H and O–H groups in total. The molecular weight excluding hydrogens is 337 g/mol. The van der Waals surface area contributed by atoms with Crippen LogP contribution in [0.15, 0.2) is 23.3 Å². The molecule has 0 spiro atoms. The minimum atomic E-state index is -0.295. The van der Waals surface area contributed by atoms with E-state index in [4.69, 9.17) is 23.2 Å². The van der Waals surface area contributed by atoms with E-state index < -0.39 is 0 Å².